The van der Waals surface area contributed by atoms with Crippen LogP contribution in [0.4, 0.5) is 0 Å². The Kier molecular flexibility index (Phi) is 5.91. The minimum atomic E-state index is -1.33. The summed E-state index contributed by atoms with van der Waals surface area (Å²) in [5.41, 5.74) is 1.76. The number of aliphatic imine (C=N–C) groups is 1. The lowest BCUT2D eigenvalue weighted by Gasteiger charge is -2.25. The molecule has 0 spiro atoms. The van der Waals surface area contributed by atoms with Crippen LogP contribution < -0.4 is 5.11 Å². The third kappa shape index (κ3) is 4.76. The molecule has 0 unspecified atom stereocenters. The maximum atomic E-state index is 12.5. The first-order chi connectivity index (χ1) is 13.0. The first-order valence-corrected chi connectivity index (χ1v) is 8.93. The molecular formula is C22H20NO4-. The van der Waals surface area contributed by atoms with Gasteiger partial charge in [0.15, 0.2) is 0 Å². The maximum Gasteiger partial charge on any atom is 0.149 e. The van der Waals surface area contributed by atoms with Crippen molar-refractivity contribution in [2.24, 2.45) is 10.9 Å². The largest absolute Gasteiger partial charge is 0.548 e. The van der Waals surface area contributed by atoms with Gasteiger partial charge in [-0.1, -0.05) is 60.7 Å². The van der Waals surface area contributed by atoms with Gasteiger partial charge in [0.2, 0.25) is 0 Å². The van der Waals surface area contributed by atoms with Crippen molar-refractivity contribution in [3.8, 4) is 0 Å². The fraction of sp³-hybridized carbons (Fsp3) is 0.273. The van der Waals surface area contributed by atoms with Crippen LogP contribution in [0.25, 0.3) is 0 Å². The minimum Gasteiger partial charge on any atom is -0.548 e. The van der Waals surface area contributed by atoms with E-state index < -0.39 is 17.9 Å². The quantitative estimate of drug-likeness (QED) is 0.579. The molecule has 0 N–H and O–H groups in total. The molecule has 1 aliphatic rings. The molecule has 2 aromatic carbocycles. The summed E-state index contributed by atoms with van der Waals surface area (Å²) in [7, 11) is 0. The SMILES string of the molecule is O=C1CC(c2ccccc2)CC(=O)C1C=N[C@H](Cc1ccccc1)C(=O)[O-]. The van der Waals surface area contributed by atoms with Gasteiger partial charge in [-0.3, -0.25) is 14.6 Å². The number of ketones is 2. The third-order valence-electron chi connectivity index (χ3n) is 4.82. The minimum absolute atomic E-state index is 0.128. The molecule has 0 heterocycles. The summed E-state index contributed by atoms with van der Waals surface area (Å²) < 4.78 is 0. The van der Waals surface area contributed by atoms with Crippen LogP contribution >= 0.6 is 0 Å². The lowest BCUT2D eigenvalue weighted by molar-refractivity contribution is -0.307. The Morgan fingerprint density at radius 3 is 2.11 bits per heavy atom. The number of hydrogen-bond acceptors (Lipinski definition) is 5. The molecule has 1 fully saturated rings. The molecule has 0 radical (unpaired) electrons. The Hall–Kier alpha value is -3.08. The molecule has 1 aliphatic carbocycles. The number of carboxylic acid groups (broad SMARTS) is 1. The zero-order chi connectivity index (χ0) is 19.2. The number of rotatable bonds is 6. The summed E-state index contributed by atoms with van der Waals surface area (Å²) in [5.74, 6) is -2.87. The zero-order valence-electron chi connectivity index (χ0n) is 14.8. The van der Waals surface area contributed by atoms with E-state index in [0.29, 0.717) is 0 Å². The molecule has 0 saturated heterocycles. The second kappa shape index (κ2) is 8.54. The van der Waals surface area contributed by atoms with Crippen LogP contribution in [0.2, 0.25) is 0 Å². The Bertz CT molecular complexity index is 827. The molecule has 0 aliphatic heterocycles. The topological polar surface area (TPSA) is 86.6 Å². The number of hydrogen-bond donors (Lipinski definition) is 0. The molecule has 3 rings (SSSR count). The number of carbonyl (C=O) groups is 3. The summed E-state index contributed by atoms with van der Waals surface area (Å²) in [5, 5.41) is 11.4. The van der Waals surface area contributed by atoms with Crippen LogP contribution in [0.3, 0.4) is 0 Å². The molecular weight excluding hydrogens is 342 g/mol. The second-order valence-electron chi connectivity index (χ2n) is 6.75. The van der Waals surface area contributed by atoms with Crippen molar-refractivity contribution in [1.29, 1.82) is 0 Å². The van der Waals surface area contributed by atoms with E-state index in [1.807, 2.05) is 48.5 Å². The van der Waals surface area contributed by atoms with Gasteiger partial charge in [-0.15, -0.1) is 0 Å². The number of nitrogens with zero attached hydrogens (tertiary/aromatic N) is 1. The molecule has 5 heteroatoms. The average molecular weight is 362 g/mol. The van der Waals surface area contributed by atoms with E-state index in [1.54, 1.807) is 12.1 Å². The molecule has 0 bridgehead atoms. The van der Waals surface area contributed by atoms with Crippen molar-refractivity contribution >= 4 is 23.8 Å². The van der Waals surface area contributed by atoms with Crippen molar-refractivity contribution in [3.63, 3.8) is 0 Å². The highest BCUT2D eigenvalue weighted by atomic mass is 16.4. The van der Waals surface area contributed by atoms with Crippen molar-refractivity contribution in [1.82, 2.24) is 0 Å². The van der Waals surface area contributed by atoms with Crippen molar-refractivity contribution < 1.29 is 19.5 Å². The van der Waals surface area contributed by atoms with Crippen LogP contribution in [0.1, 0.15) is 29.9 Å². The van der Waals surface area contributed by atoms with Gasteiger partial charge < -0.3 is 9.90 Å². The Labute approximate surface area is 157 Å². The van der Waals surface area contributed by atoms with Gasteiger partial charge in [0.1, 0.15) is 17.5 Å². The highest BCUT2D eigenvalue weighted by molar-refractivity contribution is 6.16. The van der Waals surface area contributed by atoms with Crippen LogP contribution in [0.5, 0.6) is 0 Å². The van der Waals surface area contributed by atoms with Crippen LogP contribution in [-0.2, 0) is 20.8 Å². The first kappa shape index (κ1) is 18.7. The van der Waals surface area contributed by atoms with E-state index in [0.717, 1.165) is 11.1 Å². The molecule has 27 heavy (non-hydrogen) atoms. The van der Waals surface area contributed by atoms with E-state index >= 15 is 0 Å². The van der Waals surface area contributed by atoms with Crippen LogP contribution in [0, 0.1) is 5.92 Å². The number of carbonyl (C=O) groups excluding carboxylic acids is 3. The summed E-state index contributed by atoms with van der Waals surface area (Å²) >= 11 is 0. The maximum absolute atomic E-state index is 12.5. The van der Waals surface area contributed by atoms with Gasteiger partial charge in [-0.2, -0.15) is 0 Å². The average Bonchev–Trinajstić information content (AvgIpc) is 2.67. The van der Waals surface area contributed by atoms with Gasteiger partial charge in [0, 0.05) is 25.5 Å². The number of carboxylic acids is 1. The first-order valence-electron chi connectivity index (χ1n) is 8.93. The predicted octanol–water partition coefficient (Wildman–Crippen LogP) is 1.75. The normalized spacial score (nSPS) is 21.3. The molecule has 1 atom stereocenters. The monoisotopic (exact) mass is 362 g/mol. The van der Waals surface area contributed by atoms with E-state index in [1.165, 1.54) is 6.21 Å². The molecule has 0 aromatic heterocycles. The number of benzene rings is 2. The van der Waals surface area contributed by atoms with E-state index in [4.69, 9.17) is 0 Å². The predicted molar refractivity (Wildman–Crippen MR) is 99.4 cm³/mol. The van der Waals surface area contributed by atoms with Gasteiger partial charge in [-0.05, 0) is 17.0 Å². The summed E-state index contributed by atoms with van der Waals surface area (Å²) in [6.07, 6.45) is 1.86. The summed E-state index contributed by atoms with van der Waals surface area (Å²) in [6, 6.07) is 17.4. The van der Waals surface area contributed by atoms with Gasteiger partial charge in [0.25, 0.3) is 0 Å². The zero-order valence-corrected chi connectivity index (χ0v) is 14.8. The van der Waals surface area contributed by atoms with Gasteiger partial charge in [0.05, 0.1) is 12.0 Å². The lowest BCUT2D eigenvalue weighted by Crippen LogP contribution is -2.38. The van der Waals surface area contributed by atoms with E-state index in [2.05, 4.69) is 4.99 Å². The second-order valence-corrected chi connectivity index (χ2v) is 6.75. The van der Waals surface area contributed by atoms with Crippen molar-refractivity contribution in [2.75, 3.05) is 0 Å². The van der Waals surface area contributed by atoms with Crippen LogP contribution in [0.15, 0.2) is 65.7 Å². The Morgan fingerprint density at radius 2 is 1.56 bits per heavy atom. The van der Waals surface area contributed by atoms with E-state index in [-0.39, 0.29) is 36.7 Å². The fourth-order valence-corrected chi connectivity index (χ4v) is 3.34. The number of Topliss-reactive ketones (excluding diaryl/α,β-unsaturated/α-hetero) is 2. The summed E-state index contributed by atoms with van der Waals surface area (Å²) in [4.78, 5) is 40.3. The van der Waals surface area contributed by atoms with Crippen molar-refractivity contribution in [3.05, 3.63) is 71.8 Å². The highest BCUT2D eigenvalue weighted by Gasteiger charge is 2.35. The van der Waals surface area contributed by atoms with Crippen molar-refractivity contribution in [2.45, 2.75) is 31.2 Å². The standard InChI is InChI=1S/C22H21NO4/c24-20-12-17(16-9-5-2-6-10-16)13-21(25)18(20)14-23-19(22(26)27)11-15-7-3-1-4-8-15/h1-10,14,17-19H,11-13H2,(H,26,27)/p-1/t17?,18?,19-/m1/s1. The highest BCUT2D eigenvalue weighted by Crippen LogP contribution is 2.31. The van der Waals surface area contributed by atoms with Gasteiger partial charge >= 0.3 is 0 Å². The summed E-state index contributed by atoms with van der Waals surface area (Å²) in [6.45, 7) is 0. The smallest absolute Gasteiger partial charge is 0.149 e. The molecule has 0 amide bonds. The van der Waals surface area contributed by atoms with Crippen LogP contribution in [-0.4, -0.2) is 29.8 Å². The molecule has 138 valence electrons. The molecule has 1 saturated carbocycles. The molecule has 5 nitrogen and oxygen atoms in total. The third-order valence-corrected chi connectivity index (χ3v) is 4.82. The molecule has 2 aromatic rings. The Morgan fingerprint density at radius 1 is 1.00 bits per heavy atom. The Balaban J connectivity index is 1.69. The fourth-order valence-electron chi connectivity index (χ4n) is 3.34. The lowest BCUT2D eigenvalue weighted by atomic mass is 9.77. The van der Waals surface area contributed by atoms with Gasteiger partial charge in [-0.25, -0.2) is 0 Å². The van der Waals surface area contributed by atoms with E-state index in [9.17, 15) is 19.5 Å². The number of aliphatic carboxylic acids is 1.